The third-order valence-corrected chi connectivity index (χ3v) is 7.00. The van der Waals surface area contributed by atoms with Gasteiger partial charge in [-0.25, -0.2) is 0 Å². The minimum atomic E-state index is -3.90. The predicted molar refractivity (Wildman–Crippen MR) is 104 cm³/mol. The molecule has 2 rings (SSSR count). The molecular weight excluding hydrogens is 527 g/mol. The van der Waals surface area contributed by atoms with Crippen LogP contribution in [-0.2, 0) is 8.87 Å². The van der Waals surface area contributed by atoms with E-state index in [9.17, 15) is 0 Å². The van der Waals surface area contributed by atoms with E-state index in [1.54, 1.807) is 0 Å². The molecule has 0 aliphatic carbocycles. The fourth-order valence-corrected chi connectivity index (χ4v) is 4.89. The number of hydrogen-bond acceptors (Lipinski definition) is 12. The molecule has 0 unspecified atom stereocenters. The third-order valence-electron chi connectivity index (χ3n) is 3.24. The average molecular weight is 553 g/mol. The van der Waals surface area contributed by atoms with Crippen molar-refractivity contribution in [3.63, 3.8) is 0 Å². The molecule has 0 aliphatic heterocycles. The van der Waals surface area contributed by atoms with E-state index in [0.29, 0.717) is 0 Å². The summed E-state index contributed by atoms with van der Waals surface area (Å²) in [6.45, 7) is 0. The zero-order valence-corrected chi connectivity index (χ0v) is 18.9. The van der Waals surface area contributed by atoms with Crippen LogP contribution in [0.15, 0.2) is 60.7 Å². The van der Waals surface area contributed by atoms with Crippen LogP contribution >= 0.6 is 0 Å². The number of rotatable bonds is 6. The van der Waals surface area contributed by atoms with Crippen LogP contribution in [-0.4, -0.2) is 106 Å². The van der Waals surface area contributed by atoms with E-state index >= 15 is 0 Å². The standard InChI is InChI=1S/2C7H7.2C2H6O6.Sn/c2*1-7-5-3-2-4-6-7;2*3-1(4,5)2(6,7)8;/h2*2-6H,1H2;2*3-8H;. The fraction of sp³-hybridized carbons (Fsp3) is 0.333. The maximum absolute atomic E-state index is 7.72. The Morgan fingerprint density at radius 1 is 0.419 bits per heavy atom. The van der Waals surface area contributed by atoms with Crippen molar-refractivity contribution in [3.8, 4) is 0 Å². The Kier molecular flexibility index (Phi) is 12.2. The zero-order chi connectivity index (χ0) is 24.3. The molecule has 0 atom stereocenters. The molecule has 0 bridgehead atoms. The Labute approximate surface area is 187 Å². The molecule has 2 aromatic carbocycles. The van der Waals surface area contributed by atoms with Gasteiger partial charge in [-0.3, -0.25) is 0 Å². The van der Waals surface area contributed by atoms with Gasteiger partial charge in [0.25, 0.3) is 0 Å². The normalized spacial score (nSPS) is 12.3. The van der Waals surface area contributed by atoms with Crippen molar-refractivity contribution in [3.05, 3.63) is 71.8 Å². The molecule has 0 aromatic heterocycles. The van der Waals surface area contributed by atoms with E-state index in [2.05, 4.69) is 60.7 Å². The van der Waals surface area contributed by atoms with Gasteiger partial charge >= 0.3 is 126 Å². The summed E-state index contributed by atoms with van der Waals surface area (Å²) in [7, 11) is 0. The summed E-state index contributed by atoms with van der Waals surface area (Å²) < 4.78 is 2.69. The van der Waals surface area contributed by atoms with E-state index < -0.39 is 23.9 Å². The molecule has 0 fully saturated rings. The number of benzene rings is 2. The molecule has 2 radical (unpaired) electrons. The molecule has 0 amide bonds. The first-order valence-electron chi connectivity index (χ1n) is 8.42. The Bertz CT molecular complexity index is 628. The van der Waals surface area contributed by atoms with Crippen molar-refractivity contribution in [2.45, 2.75) is 32.8 Å². The molecule has 12 nitrogen and oxygen atoms in total. The van der Waals surface area contributed by atoms with Gasteiger partial charge in [0.15, 0.2) is 0 Å². The molecule has 12 N–H and O–H groups in total. The van der Waals surface area contributed by atoms with E-state index in [4.69, 9.17) is 61.3 Å². The van der Waals surface area contributed by atoms with Gasteiger partial charge in [0, 0.05) is 0 Å². The van der Waals surface area contributed by atoms with Crippen molar-refractivity contribution in [2.75, 3.05) is 0 Å². The zero-order valence-electron chi connectivity index (χ0n) is 16.1. The van der Waals surface area contributed by atoms with Gasteiger partial charge in [-0.15, -0.1) is 0 Å². The van der Waals surface area contributed by atoms with Crippen LogP contribution in [0.3, 0.4) is 0 Å². The quantitative estimate of drug-likeness (QED) is 0.120. The van der Waals surface area contributed by atoms with Crippen LogP contribution in [0.5, 0.6) is 0 Å². The second kappa shape index (κ2) is 12.7. The van der Waals surface area contributed by atoms with Crippen molar-refractivity contribution < 1.29 is 61.3 Å². The molecule has 174 valence electrons. The van der Waals surface area contributed by atoms with Crippen molar-refractivity contribution in [1.29, 1.82) is 0 Å². The molecule has 0 heterocycles. The van der Waals surface area contributed by atoms with Crippen molar-refractivity contribution in [2.24, 2.45) is 0 Å². The summed E-state index contributed by atoms with van der Waals surface area (Å²) in [5.41, 5.74) is 3.03. The third kappa shape index (κ3) is 13.7. The Hall–Kier alpha value is -1.24. The molecule has 0 saturated heterocycles. The Morgan fingerprint density at radius 3 is 0.839 bits per heavy atom. The molecule has 0 aliphatic rings. The van der Waals surface area contributed by atoms with E-state index in [1.807, 2.05) is 0 Å². The van der Waals surface area contributed by atoms with Gasteiger partial charge in [0.2, 0.25) is 0 Å². The van der Waals surface area contributed by atoms with Crippen LogP contribution < -0.4 is 0 Å². The first-order valence-corrected chi connectivity index (χ1v) is 12.5. The number of aliphatic hydroxyl groups is 12. The first-order chi connectivity index (χ1) is 13.9. The van der Waals surface area contributed by atoms with E-state index in [0.717, 1.165) is 0 Å². The number of hydrogen-bond donors (Lipinski definition) is 12. The Morgan fingerprint density at radius 2 is 0.645 bits per heavy atom. The van der Waals surface area contributed by atoms with Crippen LogP contribution in [0.2, 0.25) is 0 Å². The van der Waals surface area contributed by atoms with Gasteiger partial charge in [-0.2, -0.15) is 0 Å². The van der Waals surface area contributed by atoms with Gasteiger partial charge in [0.05, 0.1) is 0 Å². The van der Waals surface area contributed by atoms with Crippen LogP contribution in [0.4, 0.5) is 0 Å². The minimum absolute atomic E-state index is 0.258. The molecule has 31 heavy (non-hydrogen) atoms. The molecule has 2 aromatic rings. The molecule has 13 heteroatoms. The summed E-state index contributed by atoms with van der Waals surface area (Å²) in [6.07, 6.45) is 0. The summed E-state index contributed by atoms with van der Waals surface area (Å²) in [5, 5.41) is 92.6. The predicted octanol–water partition coefficient (Wildman–Crippen LogP) is -4.41. The second-order valence-corrected chi connectivity index (χ2v) is 9.56. The summed E-state index contributed by atoms with van der Waals surface area (Å²) >= 11 is -0.258. The summed E-state index contributed by atoms with van der Waals surface area (Å²) in [5.74, 6) is -15.6. The molecular formula is C18H26O12Sn. The van der Waals surface area contributed by atoms with E-state index in [1.165, 1.54) is 20.0 Å². The summed E-state index contributed by atoms with van der Waals surface area (Å²) in [4.78, 5) is 0. The fourth-order valence-electron chi connectivity index (χ4n) is 1.54. The van der Waals surface area contributed by atoms with Gasteiger partial charge in [0.1, 0.15) is 0 Å². The van der Waals surface area contributed by atoms with Crippen LogP contribution in [0.1, 0.15) is 11.1 Å². The first kappa shape index (κ1) is 29.8. The topological polar surface area (TPSA) is 243 Å². The van der Waals surface area contributed by atoms with E-state index in [-0.39, 0.29) is 21.1 Å². The van der Waals surface area contributed by atoms with Crippen molar-refractivity contribution in [1.82, 2.24) is 0 Å². The van der Waals surface area contributed by atoms with Gasteiger partial charge < -0.3 is 61.3 Å². The summed E-state index contributed by atoms with van der Waals surface area (Å²) in [6, 6.07) is 21.7. The molecule has 0 saturated carbocycles. The van der Waals surface area contributed by atoms with Gasteiger partial charge in [-0.1, -0.05) is 0 Å². The van der Waals surface area contributed by atoms with Crippen LogP contribution in [0.25, 0.3) is 0 Å². The van der Waals surface area contributed by atoms with Crippen LogP contribution in [0, 0.1) is 0 Å². The maximum atomic E-state index is 7.72. The Balaban J connectivity index is 0.000000483. The van der Waals surface area contributed by atoms with Crippen molar-refractivity contribution >= 4 is 21.1 Å². The second-order valence-electron chi connectivity index (χ2n) is 6.12. The van der Waals surface area contributed by atoms with Gasteiger partial charge in [-0.05, 0) is 0 Å². The molecule has 0 spiro atoms. The average Bonchev–Trinajstić information content (AvgIpc) is 2.61. The SMILES string of the molecule is OC(O)(O)C(O)(O)O.OC(O)(O)C(O)(O)O.c1ccc([CH2][Sn][CH2]c2ccccc2)cc1. The monoisotopic (exact) mass is 554 g/mol.